The Balaban J connectivity index is 1.39. The van der Waals surface area contributed by atoms with E-state index in [0.717, 1.165) is 17.2 Å². The summed E-state index contributed by atoms with van der Waals surface area (Å²) in [5.74, 6) is -0.0226. The lowest BCUT2D eigenvalue weighted by Gasteiger charge is -2.33. The van der Waals surface area contributed by atoms with Crippen LogP contribution in [0.15, 0.2) is 58.8 Å². The first-order valence-corrected chi connectivity index (χ1v) is 11.7. The van der Waals surface area contributed by atoms with Crippen molar-refractivity contribution in [3.63, 3.8) is 0 Å². The molecule has 2 aromatic carbocycles. The van der Waals surface area contributed by atoms with Gasteiger partial charge in [-0.05, 0) is 53.3 Å². The monoisotopic (exact) mass is 414 g/mol. The summed E-state index contributed by atoms with van der Waals surface area (Å²) in [7, 11) is -3.65. The third-order valence-electron chi connectivity index (χ3n) is 5.26. The van der Waals surface area contributed by atoms with Crippen molar-refractivity contribution in [1.29, 1.82) is 0 Å². The van der Waals surface area contributed by atoms with Gasteiger partial charge in [-0.25, -0.2) is 13.1 Å². The van der Waals surface area contributed by atoms with E-state index in [9.17, 15) is 13.2 Å². The zero-order valence-corrected chi connectivity index (χ0v) is 17.2. The maximum atomic E-state index is 12.6. The zero-order chi connectivity index (χ0) is 19.7. The lowest BCUT2D eigenvalue weighted by Crippen LogP contribution is -2.39. The van der Waals surface area contributed by atoms with E-state index in [0.29, 0.717) is 6.54 Å². The second-order valence-electron chi connectivity index (χ2n) is 6.97. The first-order valence-electron chi connectivity index (χ1n) is 9.30. The van der Waals surface area contributed by atoms with Gasteiger partial charge >= 0.3 is 0 Å². The van der Waals surface area contributed by atoms with Gasteiger partial charge in [-0.1, -0.05) is 30.3 Å². The summed E-state index contributed by atoms with van der Waals surface area (Å²) in [6.07, 6.45) is 1.02. The molecule has 0 fully saturated rings. The summed E-state index contributed by atoms with van der Waals surface area (Å²) in [6.45, 7) is 2.81. The Hall–Kier alpha value is -2.22. The van der Waals surface area contributed by atoms with Gasteiger partial charge in [0.2, 0.25) is 15.9 Å². The Bertz CT molecular complexity index is 1120. The Kier molecular flexibility index (Phi) is 5.23. The molecule has 0 unspecified atom stereocenters. The number of benzene rings is 2. The molecule has 0 saturated carbocycles. The van der Waals surface area contributed by atoms with Gasteiger partial charge in [-0.2, -0.15) is 0 Å². The van der Waals surface area contributed by atoms with Gasteiger partial charge in [-0.15, -0.1) is 11.3 Å². The number of hydrogen-bond acceptors (Lipinski definition) is 4. The number of nitrogens with one attached hydrogen (secondary N) is 1. The van der Waals surface area contributed by atoms with Crippen LogP contribution in [0, 0.1) is 0 Å². The summed E-state index contributed by atoms with van der Waals surface area (Å²) >= 11 is 1.73. The number of hydrogen-bond donors (Lipinski definition) is 1. The van der Waals surface area contributed by atoms with Crippen LogP contribution in [0.2, 0.25) is 0 Å². The van der Waals surface area contributed by atoms with Crippen LogP contribution in [0.1, 0.15) is 29.8 Å². The highest BCUT2D eigenvalue weighted by Gasteiger charge is 2.28. The molecule has 1 aliphatic heterocycles. The van der Waals surface area contributed by atoms with E-state index in [1.54, 1.807) is 29.5 Å². The van der Waals surface area contributed by atoms with Crippen LogP contribution in [0.5, 0.6) is 0 Å². The lowest BCUT2D eigenvalue weighted by molar-refractivity contribution is -0.133. The van der Waals surface area contributed by atoms with Crippen LogP contribution >= 0.6 is 11.3 Å². The Morgan fingerprint density at radius 1 is 1.18 bits per heavy atom. The van der Waals surface area contributed by atoms with Gasteiger partial charge in [0.25, 0.3) is 0 Å². The van der Waals surface area contributed by atoms with Crippen molar-refractivity contribution < 1.29 is 13.2 Å². The minimum Gasteiger partial charge on any atom is -0.335 e. The molecule has 7 heteroatoms. The molecule has 1 atom stereocenters. The summed E-state index contributed by atoms with van der Waals surface area (Å²) in [4.78, 5) is 16.0. The van der Waals surface area contributed by atoms with Gasteiger partial charge in [0.05, 0.1) is 10.9 Å². The molecule has 0 spiro atoms. The van der Waals surface area contributed by atoms with Crippen molar-refractivity contribution in [2.45, 2.75) is 30.7 Å². The third-order valence-corrected chi connectivity index (χ3v) is 7.71. The predicted molar refractivity (Wildman–Crippen MR) is 112 cm³/mol. The normalized spacial score (nSPS) is 16.9. The van der Waals surface area contributed by atoms with Crippen LogP contribution < -0.4 is 4.72 Å². The van der Waals surface area contributed by atoms with E-state index in [1.807, 2.05) is 36.1 Å². The van der Waals surface area contributed by atoms with Gasteiger partial charge in [-0.3, -0.25) is 4.79 Å². The fraction of sp³-hybridized carbons (Fsp3) is 0.286. The second kappa shape index (κ2) is 7.66. The molecule has 146 valence electrons. The van der Waals surface area contributed by atoms with Gasteiger partial charge in [0.15, 0.2) is 0 Å². The Labute approximate surface area is 169 Å². The van der Waals surface area contributed by atoms with E-state index >= 15 is 0 Å². The number of nitrogens with zero attached hydrogens (tertiary/aromatic N) is 1. The zero-order valence-electron chi connectivity index (χ0n) is 15.6. The highest BCUT2D eigenvalue weighted by atomic mass is 32.2. The molecule has 0 bridgehead atoms. The minimum absolute atomic E-state index is 0.0226. The van der Waals surface area contributed by atoms with Crippen molar-refractivity contribution in [3.8, 4) is 0 Å². The van der Waals surface area contributed by atoms with Gasteiger partial charge < -0.3 is 4.90 Å². The Morgan fingerprint density at radius 2 is 1.96 bits per heavy atom. The number of fused-ring (bicyclic) bond motifs is 2. The van der Waals surface area contributed by atoms with E-state index in [-0.39, 0.29) is 29.8 Å². The molecule has 0 radical (unpaired) electrons. The summed E-state index contributed by atoms with van der Waals surface area (Å²) in [6, 6.07) is 14.8. The van der Waals surface area contributed by atoms with E-state index in [2.05, 4.69) is 16.2 Å². The summed E-state index contributed by atoms with van der Waals surface area (Å²) < 4.78 is 27.8. The molecule has 1 amide bonds. The minimum atomic E-state index is -3.65. The molecule has 0 aliphatic carbocycles. The second-order valence-corrected chi connectivity index (χ2v) is 9.74. The fourth-order valence-electron chi connectivity index (χ4n) is 3.70. The number of carbonyl (C=O) groups is 1. The predicted octanol–water partition coefficient (Wildman–Crippen LogP) is 3.72. The molecule has 2 heterocycles. The fourth-order valence-corrected chi connectivity index (χ4v) is 5.73. The first kappa shape index (κ1) is 19.1. The van der Waals surface area contributed by atoms with E-state index in [1.165, 1.54) is 10.4 Å². The number of sulfonamides is 1. The third kappa shape index (κ3) is 3.70. The summed E-state index contributed by atoms with van der Waals surface area (Å²) in [5.41, 5.74) is 1.21. The highest BCUT2D eigenvalue weighted by molar-refractivity contribution is 7.89. The van der Waals surface area contributed by atoms with Crippen LogP contribution in [0.4, 0.5) is 0 Å². The molecular weight excluding hydrogens is 392 g/mol. The largest absolute Gasteiger partial charge is 0.335 e. The molecular formula is C21H22N2O3S2. The van der Waals surface area contributed by atoms with Gasteiger partial charge in [0.1, 0.15) is 0 Å². The molecule has 28 heavy (non-hydrogen) atoms. The number of rotatable bonds is 5. The quantitative estimate of drug-likeness (QED) is 0.692. The standard InChI is InChI=1S/C21H22N2O3S2/c1-15-19-10-13-27-20(19)9-12-23(15)21(24)8-11-22-28(25,26)18-7-6-16-4-2-3-5-17(16)14-18/h2-7,10,13-15,22H,8-9,11-12H2,1H3/t15-/m1/s1. The van der Waals surface area contributed by atoms with Crippen LogP contribution in [-0.2, 0) is 21.2 Å². The SMILES string of the molecule is C[C@@H]1c2ccsc2CCN1C(=O)CCNS(=O)(=O)c1ccc2ccccc2c1. The molecule has 1 aliphatic rings. The molecule has 3 aromatic rings. The Morgan fingerprint density at radius 3 is 2.79 bits per heavy atom. The van der Waals surface area contributed by atoms with E-state index < -0.39 is 10.0 Å². The van der Waals surface area contributed by atoms with Crippen molar-refractivity contribution in [2.24, 2.45) is 0 Å². The highest BCUT2D eigenvalue weighted by Crippen LogP contribution is 2.33. The molecule has 4 rings (SSSR count). The topological polar surface area (TPSA) is 66.5 Å². The van der Waals surface area contributed by atoms with Crippen molar-refractivity contribution in [2.75, 3.05) is 13.1 Å². The molecule has 0 saturated heterocycles. The van der Waals surface area contributed by atoms with Crippen LogP contribution in [0.25, 0.3) is 10.8 Å². The lowest BCUT2D eigenvalue weighted by atomic mass is 10.0. The first-order chi connectivity index (χ1) is 13.5. The van der Waals surface area contributed by atoms with Crippen LogP contribution in [-0.4, -0.2) is 32.3 Å². The molecule has 5 nitrogen and oxygen atoms in total. The number of carbonyl (C=O) groups excluding carboxylic acids is 1. The molecule has 1 N–H and O–H groups in total. The average Bonchev–Trinajstić information content (AvgIpc) is 3.17. The number of thiophene rings is 1. The molecule has 1 aromatic heterocycles. The maximum Gasteiger partial charge on any atom is 0.240 e. The van der Waals surface area contributed by atoms with Gasteiger partial charge in [0, 0.05) is 24.4 Å². The maximum absolute atomic E-state index is 12.6. The van der Waals surface area contributed by atoms with E-state index in [4.69, 9.17) is 0 Å². The summed E-state index contributed by atoms with van der Waals surface area (Å²) in [5, 5.41) is 3.92. The smallest absolute Gasteiger partial charge is 0.240 e. The van der Waals surface area contributed by atoms with Crippen LogP contribution in [0.3, 0.4) is 0 Å². The number of amides is 1. The van der Waals surface area contributed by atoms with Crippen molar-refractivity contribution in [1.82, 2.24) is 9.62 Å². The van der Waals surface area contributed by atoms with Crippen molar-refractivity contribution >= 4 is 38.0 Å². The van der Waals surface area contributed by atoms with Crippen molar-refractivity contribution in [3.05, 3.63) is 64.4 Å². The average molecular weight is 415 g/mol.